The molecule has 304 valence electrons. The maximum atomic E-state index is 4.32. The summed E-state index contributed by atoms with van der Waals surface area (Å²) in [6, 6.07) is 0. The van der Waals surface area contributed by atoms with E-state index < -0.39 is 0 Å². The first-order valence-electron chi connectivity index (χ1n) is 20.6. The van der Waals surface area contributed by atoms with Crippen LogP contribution in [0.3, 0.4) is 0 Å². The molecule has 0 radical (unpaired) electrons. The zero-order valence-corrected chi connectivity index (χ0v) is 41.2. The van der Waals surface area contributed by atoms with Crippen molar-refractivity contribution in [2.75, 3.05) is 23.0 Å². The molecule has 14 heteroatoms. The predicted octanol–water partition coefficient (Wildman–Crippen LogP) is 18.3. The van der Waals surface area contributed by atoms with Crippen molar-refractivity contribution in [3.63, 3.8) is 0 Å². The van der Waals surface area contributed by atoms with Gasteiger partial charge in [0.25, 0.3) is 0 Å². The third kappa shape index (κ3) is 35.1. The first kappa shape index (κ1) is 51.9. The molecule has 0 fully saturated rings. The third-order valence-electron chi connectivity index (χ3n) is 8.12. The summed E-state index contributed by atoms with van der Waals surface area (Å²) in [5, 5.41) is 17.2. The number of nitrogens with zero attached hydrogens (tertiary/aromatic N) is 4. The molecule has 4 nitrogen and oxygen atoms in total. The monoisotopic (exact) mass is 904 g/mol. The summed E-state index contributed by atoms with van der Waals surface area (Å²) in [6.07, 6.45) is 35.8. The van der Waals surface area contributed by atoms with Gasteiger partial charge < -0.3 is 0 Å². The largest absolute Gasteiger partial charge is 0.185 e. The van der Waals surface area contributed by atoms with E-state index >= 15 is 0 Å². The number of hydrogen-bond acceptors (Lipinski definition) is 14. The molecule has 0 amide bonds. The van der Waals surface area contributed by atoms with Gasteiger partial charge in [-0.2, -0.15) is 0 Å². The van der Waals surface area contributed by atoms with Crippen LogP contribution in [0.15, 0.2) is 17.4 Å². The lowest BCUT2D eigenvalue weighted by Crippen LogP contribution is -1.81. The fourth-order valence-electron chi connectivity index (χ4n) is 5.02. The van der Waals surface area contributed by atoms with E-state index in [-0.39, 0.29) is 0 Å². The van der Waals surface area contributed by atoms with Crippen molar-refractivity contribution in [3.8, 4) is 0 Å². The molecule has 0 aliphatic carbocycles. The molecule has 2 rings (SSSR count). The first-order chi connectivity index (χ1) is 25.7. The van der Waals surface area contributed by atoms with Gasteiger partial charge >= 0.3 is 0 Å². The van der Waals surface area contributed by atoms with Gasteiger partial charge in [0.1, 0.15) is 0 Å². The lowest BCUT2D eigenvalue weighted by atomic mass is 10.1. The maximum absolute atomic E-state index is 4.32. The van der Waals surface area contributed by atoms with E-state index in [9.17, 15) is 0 Å². The van der Waals surface area contributed by atoms with E-state index in [4.69, 9.17) is 0 Å². The van der Waals surface area contributed by atoms with Crippen molar-refractivity contribution >= 4 is 109 Å². The van der Waals surface area contributed by atoms with Crippen LogP contribution in [0, 0.1) is 0 Å². The Bertz CT molecular complexity index is 910. The van der Waals surface area contributed by atoms with E-state index in [1.165, 1.54) is 190 Å². The average Bonchev–Trinajstić information content (AvgIpc) is 3.82. The zero-order chi connectivity index (χ0) is 37.4. The summed E-state index contributed by atoms with van der Waals surface area (Å²) in [4.78, 5) is 0. The Labute approximate surface area is 361 Å². The van der Waals surface area contributed by atoms with E-state index in [0.29, 0.717) is 0 Å². The third-order valence-corrected chi connectivity index (χ3v) is 20.9. The highest BCUT2D eigenvalue weighted by Gasteiger charge is 2.08. The van der Waals surface area contributed by atoms with Crippen LogP contribution >= 0.6 is 109 Å². The maximum Gasteiger partial charge on any atom is 0.185 e. The molecule has 0 atom stereocenters. The Morgan fingerprint density at radius 2 is 0.481 bits per heavy atom. The quantitative estimate of drug-likeness (QED) is 0.0476. The van der Waals surface area contributed by atoms with E-state index in [0.717, 1.165) is 17.4 Å². The van der Waals surface area contributed by atoms with Crippen LogP contribution in [0.4, 0.5) is 0 Å². The van der Waals surface area contributed by atoms with Gasteiger partial charge in [-0.3, -0.25) is 0 Å². The van der Waals surface area contributed by atoms with E-state index in [1.54, 1.807) is 44.3 Å². The lowest BCUT2D eigenvalue weighted by Gasteiger charge is -2.00. The van der Waals surface area contributed by atoms with Crippen LogP contribution in [0.1, 0.15) is 195 Å². The van der Waals surface area contributed by atoms with Crippen molar-refractivity contribution < 1.29 is 0 Å². The fourth-order valence-corrected chi connectivity index (χ4v) is 16.8. The van der Waals surface area contributed by atoms with E-state index in [1.807, 2.05) is 64.8 Å². The van der Waals surface area contributed by atoms with Crippen LogP contribution in [0.2, 0.25) is 0 Å². The number of aromatic nitrogens is 4. The Morgan fingerprint density at radius 3 is 0.692 bits per heavy atom. The standard InChI is InChI=1S/C20H38N2S5.C18H34N2S5/c1-3-5-7-9-11-13-15-17-23-26-19-21-22-20(25-19)27-24-18-16-14-12-10-8-6-4-2;1-3-5-7-9-11-13-15-21-24-17-19-20-18(23-17)25-22-16-14-12-10-8-6-4-2/h3-18H2,1-2H3;3-16H2,1-2H3. The van der Waals surface area contributed by atoms with Crippen LogP contribution in [0.25, 0.3) is 0 Å². The normalized spacial score (nSPS) is 11.3. The first-order valence-corrected chi connectivity index (χ1v) is 31.5. The fraction of sp³-hybridized carbons (Fsp3) is 0.895. The van der Waals surface area contributed by atoms with E-state index in [2.05, 4.69) is 48.1 Å². The van der Waals surface area contributed by atoms with Crippen molar-refractivity contribution in [2.45, 2.75) is 212 Å². The molecule has 0 saturated heterocycles. The molecule has 0 aromatic carbocycles. The smallest absolute Gasteiger partial charge is 0.130 e. The summed E-state index contributed by atoms with van der Waals surface area (Å²) in [7, 11) is 15.0. The SMILES string of the molecule is CCCCCCCCCSSc1nnc(SSCCCCCCCCC)s1.CCCCCCCCSSc1nnc(SSCCCCCCCC)s1. The summed E-state index contributed by atoms with van der Waals surface area (Å²) >= 11 is 3.49. The number of rotatable bonds is 38. The number of unbranched alkanes of at least 4 members (excludes halogenated alkanes) is 22. The van der Waals surface area contributed by atoms with Gasteiger partial charge in [-0.05, 0) is 68.9 Å². The van der Waals surface area contributed by atoms with Crippen LogP contribution in [-0.2, 0) is 0 Å². The Balaban J connectivity index is 0.000000522. The molecule has 0 aliphatic heterocycles. The molecular weight excluding hydrogens is 833 g/mol. The minimum absolute atomic E-state index is 1.11. The minimum atomic E-state index is 1.11. The lowest BCUT2D eigenvalue weighted by molar-refractivity contribution is 0.604. The van der Waals surface area contributed by atoms with Gasteiger partial charge in [0.15, 0.2) is 17.4 Å². The van der Waals surface area contributed by atoms with Gasteiger partial charge in [0.05, 0.1) is 0 Å². The molecule has 0 spiro atoms. The highest BCUT2D eigenvalue weighted by Crippen LogP contribution is 2.41. The highest BCUT2D eigenvalue weighted by molar-refractivity contribution is 8.78. The van der Waals surface area contributed by atoms with Gasteiger partial charge in [0, 0.05) is 23.0 Å². The van der Waals surface area contributed by atoms with Gasteiger partial charge in [-0.15, -0.1) is 20.4 Å². The average molecular weight is 906 g/mol. The Morgan fingerprint density at radius 1 is 0.288 bits per heavy atom. The second kappa shape index (κ2) is 42.5. The molecule has 0 N–H and O–H groups in total. The molecule has 52 heavy (non-hydrogen) atoms. The molecule has 0 unspecified atom stereocenters. The highest BCUT2D eigenvalue weighted by atomic mass is 33.1. The summed E-state index contributed by atoms with van der Waals surface area (Å²) in [5.41, 5.74) is 0. The van der Waals surface area contributed by atoms with Crippen LogP contribution in [0.5, 0.6) is 0 Å². The van der Waals surface area contributed by atoms with Gasteiger partial charge in [-0.25, -0.2) is 0 Å². The van der Waals surface area contributed by atoms with Crippen LogP contribution < -0.4 is 0 Å². The minimum Gasteiger partial charge on any atom is -0.130 e. The summed E-state index contributed by atoms with van der Waals surface area (Å²) in [5.74, 6) is 4.91. The topological polar surface area (TPSA) is 51.6 Å². The predicted molar refractivity (Wildman–Crippen MR) is 256 cm³/mol. The van der Waals surface area contributed by atoms with Crippen molar-refractivity contribution in [1.29, 1.82) is 0 Å². The Kier molecular flexibility index (Phi) is 42.5. The number of hydrogen-bond donors (Lipinski definition) is 0. The molecule has 0 aliphatic rings. The van der Waals surface area contributed by atoms with Gasteiger partial charge in [0.2, 0.25) is 0 Å². The second-order valence-electron chi connectivity index (χ2n) is 13.1. The van der Waals surface area contributed by atoms with Crippen molar-refractivity contribution in [1.82, 2.24) is 20.4 Å². The van der Waals surface area contributed by atoms with Crippen LogP contribution in [-0.4, -0.2) is 43.4 Å². The molecule has 2 heterocycles. The van der Waals surface area contributed by atoms with Crippen molar-refractivity contribution in [3.05, 3.63) is 0 Å². The molecular formula is C38H72N4S10. The molecule has 0 saturated carbocycles. The van der Waals surface area contributed by atoms with Crippen molar-refractivity contribution in [2.24, 2.45) is 0 Å². The van der Waals surface area contributed by atoms with Gasteiger partial charge in [-0.1, -0.05) is 235 Å². The molecule has 2 aromatic rings. The Hall–Kier alpha value is 1.92. The summed E-state index contributed by atoms with van der Waals surface area (Å²) in [6.45, 7) is 9.10. The second-order valence-corrected chi connectivity index (χ2v) is 25.7. The molecule has 2 aromatic heterocycles. The summed E-state index contributed by atoms with van der Waals surface area (Å²) < 4.78 is 4.45. The molecule has 0 bridgehead atoms. The zero-order valence-electron chi connectivity index (χ0n) is 33.1.